The molecule has 78 valence electrons. The molecule has 0 bridgehead atoms. The molecule has 13 heavy (non-hydrogen) atoms. The Morgan fingerprint density at radius 2 is 2.00 bits per heavy atom. The second-order valence-electron chi connectivity index (χ2n) is 4.58. The number of nitrogens with zero attached hydrogens (tertiary/aromatic N) is 1. The van der Waals surface area contributed by atoms with Gasteiger partial charge >= 0.3 is 0 Å². The minimum atomic E-state index is 0.164. The Morgan fingerprint density at radius 1 is 1.38 bits per heavy atom. The molecule has 0 radical (unpaired) electrons. The van der Waals surface area contributed by atoms with Gasteiger partial charge in [-0.1, -0.05) is 26.2 Å². The zero-order chi connectivity index (χ0) is 9.90. The van der Waals surface area contributed by atoms with Crippen molar-refractivity contribution in [2.24, 2.45) is 0 Å². The second-order valence-corrected chi connectivity index (χ2v) is 4.58. The fraction of sp³-hybridized carbons (Fsp3) is 1.00. The van der Waals surface area contributed by atoms with Gasteiger partial charge in [0.2, 0.25) is 0 Å². The van der Waals surface area contributed by atoms with Crippen LogP contribution in [0.3, 0.4) is 0 Å². The van der Waals surface area contributed by atoms with E-state index in [1.165, 1.54) is 25.7 Å². The van der Waals surface area contributed by atoms with Gasteiger partial charge in [-0.15, -0.1) is 0 Å². The minimum absolute atomic E-state index is 0.164. The van der Waals surface area contributed by atoms with E-state index in [4.69, 9.17) is 4.74 Å². The van der Waals surface area contributed by atoms with Gasteiger partial charge in [-0.05, 0) is 27.4 Å². The molecule has 2 nitrogen and oxygen atoms in total. The first-order valence-electron chi connectivity index (χ1n) is 5.40. The van der Waals surface area contributed by atoms with Gasteiger partial charge in [0.05, 0.1) is 6.61 Å². The van der Waals surface area contributed by atoms with Gasteiger partial charge in [-0.3, -0.25) is 0 Å². The van der Waals surface area contributed by atoms with Crippen LogP contribution in [0.4, 0.5) is 0 Å². The lowest BCUT2D eigenvalue weighted by Crippen LogP contribution is -2.39. The summed E-state index contributed by atoms with van der Waals surface area (Å²) >= 11 is 0. The normalized spacial score (nSPS) is 29.3. The largest absolute Gasteiger partial charge is 0.368 e. The fourth-order valence-electron chi connectivity index (χ4n) is 2.00. The van der Waals surface area contributed by atoms with E-state index in [-0.39, 0.29) is 5.60 Å². The molecule has 2 heteroatoms. The summed E-state index contributed by atoms with van der Waals surface area (Å²) in [5, 5.41) is 0. The zero-order valence-corrected chi connectivity index (χ0v) is 9.47. The maximum atomic E-state index is 5.51. The average Bonchev–Trinajstić information content (AvgIpc) is 2.77. The molecule has 1 aliphatic heterocycles. The van der Waals surface area contributed by atoms with E-state index in [0.717, 1.165) is 6.61 Å². The molecule has 0 aliphatic carbocycles. The number of epoxide rings is 1. The van der Waals surface area contributed by atoms with E-state index in [1.54, 1.807) is 0 Å². The molecule has 0 spiro atoms. The van der Waals surface area contributed by atoms with Gasteiger partial charge in [-0.25, -0.2) is 0 Å². The predicted molar refractivity (Wildman–Crippen MR) is 56.0 cm³/mol. The molecule has 2 atom stereocenters. The van der Waals surface area contributed by atoms with Gasteiger partial charge in [0.1, 0.15) is 5.60 Å². The van der Waals surface area contributed by atoms with Crippen LogP contribution in [0.15, 0.2) is 0 Å². The standard InChI is InChI=1S/C11H23NO/c1-5-6-7-8-10(12(3)4)11(2)9-13-11/h10H,5-9H2,1-4H3. The number of likely N-dealkylation sites (N-methyl/N-ethyl adjacent to an activating group) is 1. The summed E-state index contributed by atoms with van der Waals surface area (Å²) in [4.78, 5) is 2.31. The number of rotatable bonds is 6. The lowest BCUT2D eigenvalue weighted by atomic mass is 9.96. The highest BCUT2D eigenvalue weighted by atomic mass is 16.6. The van der Waals surface area contributed by atoms with E-state index in [0.29, 0.717) is 6.04 Å². The first-order valence-corrected chi connectivity index (χ1v) is 5.40. The Balaban J connectivity index is 2.31. The van der Waals surface area contributed by atoms with Crippen LogP contribution in [0, 0.1) is 0 Å². The summed E-state index contributed by atoms with van der Waals surface area (Å²) in [6, 6.07) is 0.610. The van der Waals surface area contributed by atoms with Crippen molar-refractivity contribution in [1.29, 1.82) is 0 Å². The predicted octanol–water partition coefficient (Wildman–Crippen LogP) is 2.29. The van der Waals surface area contributed by atoms with Crippen LogP contribution in [0.2, 0.25) is 0 Å². The summed E-state index contributed by atoms with van der Waals surface area (Å²) < 4.78 is 5.51. The topological polar surface area (TPSA) is 15.8 Å². The molecule has 0 amide bonds. The zero-order valence-electron chi connectivity index (χ0n) is 9.47. The van der Waals surface area contributed by atoms with Gasteiger partial charge in [0, 0.05) is 6.04 Å². The Hall–Kier alpha value is -0.0800. The summed E-state index contributed by atoms with van der Waals surface area (Å²) in [6.45, 7) is 5.42. The molecule has 0 aromatic heterocycles. The molecule has 1 heterocycles. The van der Waals surface area contributed by atoms with Gasteiger partial charge < -0.3 is 9.64 Å². The number of hydrogen-bond acceptors (Lipinski definition) is 2. The Labute approximate surface area is 82.3 Å². The van der Waals surface area contributed by atoms with Crippen molar-refractivity contribution in [3.63, 3.8) is 0 Å². The highest BCUT2D eigenvalue weighted by Gasteiger charge is 2.47. The van der Waals surface area contributed by atoms with Gasteiger partial charge in [-0.2, -0.15) is 0 Å². The highest BCUT2D eigenvalue weighted by molar-refractivity contribution is 4.98. The molecule has 0 aromatic carbocycles. The molecule has 1 fully saturated rings. The summed E-state index contributed by atoms with van der Waals surface area (Å²) in [5.74, 6) is 0. The number of hydrogen-bond donors (Lipinski definition) is 0. The van der Waals surface area contributed by atoms with Crippen LogP contribution in [-0.2, 0) is 4.74 Å². The quantitative estimate of drug-likeness (QED) is 0.466. The fourth-order valence-corrected chi connectivity index (χ4v) is 2.00. The van der Waals surface area contributed by atoms with Crippen LogP contribution >= 0.6 is 0 Å². The molecular weight excluding hydrogens is 162 g/mol. The third kappa shape index (κ3) is 2.96. The maximum Gasteiger partial charge on any atom is 0.104 e. The monoisotopic (exact) mass is 185 g/mol. The first-order chi connectivity index (χ1) is 6.10. The van der Waals surface area contributed by atoms with Crippen molar-refractivity contribution < 1.29 is 4.74 Å². The van der Waals surface area contributed by atoms with E-state index < -0.39 is 0 Å². The van der Waals surface area contributed by atoms with Crippen LogP contribution in [0.1, 0.15) is 39.5 Å². The average molecular weight is 185 g/mol. The van der Waals surface area contributed by atoms with E-state index in [1.807, 2.05) is 0 Å². The first kappa shape index (κ1) is 11.0. The Morgan fingerprint density at radius 3 is 2.38 bits per heavy atom. The number of unbranched alkanes of at least 4 members (excludes halogenated alkanes) is 2. The van der Waals surface area contributed by atoms with Crippen molar-refractivity contribution in [2.75, 3.05) is 20.7 Å². The maximum absolute atomic E-state index is 5.51. The second kappa shape index (κ2) is 4.43. The van der Waals surface area contributed by atoms with E-state index in [2.05, 4.69) is 32.8 Å². The third-order valence-electron chi connectivity index (χ3n) is 3.01. The molecule has 1 rings (SSSR count). The van der Waals surface area contributed by atoms with E-state index >= 15 is 0 Å². The molecule has 1 saturated heterocycles. The highest BCUT2D eigenvalue weighted by Crippen LogP contribution is 2.34. The van der Waals surface area contributed by atoms with Gasteiger partial charge in [0.15, 0.2) is 0 Å². The molecule has 1 aliphatic rings. The molecule has 0 aromatic rings. The van der Waals surface area contributed by atoms with Crippen LogP contribution in [0.5, 0.6) is 0 Å². The Kier molecular flexibility index (Phi) is 3.74. The minimum Gasteiger partial charge on any atom is -0.368 e. The van der Waals surface area contributed by atoms with Crippen molar-refractivity contribution in [1.82, 2.24) is 4.90 Å². The molecular formula is C11H23NO. The van der Waals surface area contributed by atoms with Crippen LogP contribution in [-0.4, -0.2) is 37.2 Å². The van der Waals surface area contributed by atoms with Gasteiger partial charge in [0.25, 0.3) is 0 Å². The Bertz CT molecular complexity index is 152. The van der Waals surface area contributed by atoms with Crippen LogP contribution in [0.25, 0.3) is 0 Å². The lowest BCUT2D eigenvalue weighted by Gasteiger charge is -2.27. The van der Waals surface area contributed by atoms with Crippen molar-refractivity contribution in [2.45, 2.75) is 51.2 Å². The van der Waals surface area contributed by atoms with Crippen molar-refractivity contribution in [3.8, 4) is 0 Å². The molecule has 0 N–H and O–H groups in total. The SMILES string of the molecule is CCCCCC(N(C)C)C1(C)CO1. The molecule has 0 saturated carbocycles. The molecule has 2 unspecified atom stereocenters. The summed E-state index contributed by atoms with van der Waals surface area (Å²) in [5.41, 5.74) is 0.164. The summed E-state index contributed by atoms with van der Waals surface area (Å²) in [6.07, 6.45) is 5.26. The smallest absolute Gasteiger partial charge is 0.104 e. The third-order valence-corrected chi connectivity index (χ3v) is 3.01. The number of ether oxygens (including phenoxy) is 1. The van der Waals surface area contributed by atoms with Crippen molar-refractivity contribution in [3.05, 3.63) is 0 Å². The van der Waals surface area contributed by atoms with E-state index in [9.17, 15) is 0 Å². The summed E-state index contributed by atoms with van der Waals surface area (Å²) in [7, 11) is 4.31. The lowest BCUT2D eigenvalue weighted by molar-refractivity contribution is 0.154. The van der Waals surface area contributed by atoms with Crippen LogP contribution < -0.4 is 0 Å². The van der Waals surface area contributed by atoms with Crippen molar-refractivity contribution >= 4 is 0 Å².